The Bertz CT molecular complexity index is 624. The van der Waals surface area contributed by atoms with Gasteiger partial charge in [-0.15, -0.1) is 0 Å². The maximum Gasteiger partial charge on any atom is 0.239 e. The topological polar surface area (TPSA) is 83.8 Å². The number of nitrogens with zero attached hydrogens (tertiary/aromatic N) is 2. The van der Waals surface area contributed by atoms with E-state index in [1.54, 1.807) is 0 Å². The molecule has 0 saturated carbocycles. The van der Waals surface area contributed by atoms with E-state index in [2.05, 4.69) is 5.32 Å². The lowest BCUT2D eigenvalue weighted by Crippen LogP contribution is -2.28. The van der Waals surface area contributed by atoms with Gasteiger partial charge in [-0.1, -0.05) is 18.2 Å². The molecule has 0 fully saturated rings. The summed E-state index contributed by atoms with van der Waals surface area (Å²) in [5, 5.41) is 12.2. The first-order valence-electron chi connectivity index (χ1n) is 6.16. The Labute approximate surface area is 111 Å². The summed E-state index contributed by atoms with van der Waals surface area (Å²) in [6.07, 6.45) is 2.21. The van der Waals surface area contributed by atoms with E-state index in [0.717, 1.165) is 16.5 Å². The summed E-state index contributed by atoms with van der Waals surface area (Å²) in [5.41, 5.74) is 7.74. The van der Waals surface area contributed by atoms with Gasteiger partial charge in [0.25, 0.3) is 0 Å². The van der Waals surface area contributed by atoms with Gasteiger partial charge in [0, 0.05) is 19.3 Å². The highest BCUT2D eigenvalue weighted by Gasteiger charge is 2.08. The Morgan fingerprint density at radius 3 is 3.00 bits per heavy atom. The minimum absolute atomic E-state index is 0.0976. The largest absolute Gasteiger partial charge is 0.354 e. The van der Waals surface area contributed by atoms with E-state index in [4.69, 9.17) is 11.0 Å². The number of fused-ring (bicyclic) bond motifs is 1. The van der Waals surface area contributed by atoms with Crippen molar-refractivity contribution in [3.05, 3.63) is 36.0 Å². The predicted octanol–water partition coefficient (Wildman–Crippen LogP) is 1.13. The molecular formula is C14H16N4O. The second-order valence-electron chi connectivity index (χ2n) is 4.26. The minimum atomic E-state index is -0.0976. The van der Waals surface area contributed by atoms with Crippen molar-refractivity contribution in [1.82, 2.24) is 9.88 Å². The van der Waals surface area contributed by atoms with Crippen molar-refractivity contribution in [2.24, 2.45) is 5.73 Å². The average Bonchev–Trinajstić information content (AvgIpc) is 2.82. The molecule has 1 amide bonds. The zero-order chi connectivity index (χ0) is 13.7. The number of carbonyl (C=O) groups excluding carboxylic acids is 1. The number of nitrogens with one attached hydrogen (secondary N) is 1. The van der Waals surface area contributed by atoms with Crippen molar-refractivity contribution in [3.63, 3.8) is 0 Å². The van der Waals surface area contributed by atoms with Crippen molar-refractivity contribution in [2.45, 2.75) is 19.5 Å². The smallest absolute Gasteiger partial charge is 0.239 e. The highest BCUT2D eigenvalue weighted by Crippen LogP contribution is 2.19. The summed E-state index contributed by atoms with van der Waals surface area (Å²) in [6.45, 7) is 1.07. The van der Waals surface area contributed by atoms with Gasteiger partial charge in [-0.05, 0) is 17.0 Å². The lowest BCUT2D eigenvalue weighted by molar-refractivity contribution is -0.121. The first-order chi connectivity index (χ1) is 9.26. The molecule has 0 aliphatic rings. The zero-order valence-corrected chi connectivity index (χ0v) is 10.6. The molecule has 1 heterocycles. The molecule has 1 aromatic heterocycles. The van der Waals surface area contributed by atoms with E-state index in [0.29, 0.717) is 19.5 Å². The minimum Gasteiger partial charge on any atom is -0.354 e. The second-order valence-corrected chi connectivity index (χ2v) is 4.26. The van der Waals surface area contributed by atoms with Gasteiger partial charge in [-0.2, -0.15) is 5.26 Å². The van der Waals surface area contributed by atoms with Gasteiger partial charge in [0.05, 0.1) is 18.0 Å². The molecule has 0 bridgehead atoms. The Hall–Kier alpha value is -2.32. The van der Waals surface area contributed by atoms with Gasteiger partial charge in [0.15, 0.2) is 0 Å². The fourth-order valence-electron chi connectivity index (χ4n) is 2.11. The van der Waals surface area contributed by atoms with Gasteiger partial charge < -0.3 is 15.6 Å². The number of hydrogen-bond donors (Lipinski definition) is 2. The predicted molar refractivity (Wildman–Crippen MR) is 73.1 cm³/mol. The van der Waals surface area contributed by atoms with Crippen molar-refractivity contribution < 1.29 is 4.79 Å². The fraction of sp³-hybridized carbons (Fsp3) is 0.286. The van der Waals surface area contributed by atoms with E-state index in [-0.39, 0.29) is 12.5 Å². The van der Waals surface area contributed by atoms with Crippen LogP contribution in [-0.4, -0.2) is 17.0 Å². The number of rotatable bonds is 5. The number of carbonyl (C=O) groups is 1. The molecule has 2 rings (SSSR count). The van der Waals surface area contributed by atoms with E-state index < -0.39 is 0 Å². The van der Waals surface area contributed by atoms with E-state index in [1.165, 1.54) is 0 Å². The molecule has 0 unspecified atom stereocenters. The van der Waals surface area contributed by atoms with Gasteiger partial charge in [0.2, 0.25) is 5.91 Å². The molecule has 98 valence electrons. The summed E-state index contributed by atoms with van der Waals surface area (Å²) in [6, 6.07) is 9.88. The van der Waals surface area contributed by atoms with Crippen molar-refractivity contribution in [2.75, 3.05) is 6.54 Å². The first kappa shape index (κ1) is 13.1. The fourth-order valence-corrected chi connectivity index (χ4v) is 2.11. The molecule has 2 aromatic rings. The number of hydrogen-bond acceptors (Lipinski definition) is 3. The average molecular weight is 256 g/mol. The molecule has 3 N–H and O–H groups in total. The summed E-state index contributed by atoms with van der Waals surface area (Å²) < 4.78 is 1.89. The Balaban J connectivity index is 2.17. The summed E-state index contributed by atoms with van der Waals surface area (Å²) in [5.74, 6) is -0.0976. The molecule has 0 saturated heterocycles. The number of nitrogens with two attached hydrogens (primary N) is 1. The van der Waals surface area contributed by atoms with Crippen LogP contribution in [0.3, 0.4) is 0 Å². The summed E-state index contributed by atoms with van der Waals surface area (Å²) >= 11 is 0. The number of amides is 1. The van der Waals surface area contributed by atoms with Gasteiger partial charge in [-0.25, -0.2) is 0 Å². The molecule has 5 heteroatoms. The third-order valence-corrected chi connectivity index (χ3v) is 2.96. The standard InChI is InChI=1S/C14H16N4O/c15-6-2-7-17-13(19)10-18-8-5-11-3-1-4-12(9-16)14(11)18/h1,3-5,8H,2,7,9-10,16H2,(H,17,19). The van der Waals surface area contributed by atoms with Crippen LogP contribution in [0.25, 0.3) is 10.9 Å². The van der Waals surface area contributed by atoms with Crippen LogP contribution in [0.5, 0.6) is 0 Å². The van der Waals surface area contributed by atoms with Crippen LogP contribution < -0.4 is 11.1 Å². The molecule has 1 aromatic carbocycles. The first-order valence-corrected chi connectivity index (χ1v) is 6.16. The molecular weight excluding hydrogens is 240 g/mol. The van der Waals surface area contributed by atoms with Crippen LogP contribution in [0, 0.1) is 11.3 Å². The SMILES string of the molecule is N#CCCNC(=O)Cn1ccc2cccc(CN)c21. The molecule has 0 radical (unpaired) electrons. The maximum atomic E-state index is 11.8. The lowest BCUT2D eigenvalue weighted by Gasteiger charge is -2.08. The van der Waals surface area contributed by atoms with E-state index in [1.807, 2.05) is 41.1 Å². The van der Waals surface area contributed by atoms with Crippen molar-refractivity contribution in [1.29, 1.82) is 5.26 Å². The van der Waals surface area contributed by atoms with Crippen LogP contribution in [0.4, 0.5) is 0 Å². The molecule has 5 nitrogen and oxygen atoms in total. The molecule has 0 spiro atoms. The lowest BCUT2D eigenvalue weighted by atomic mass is 10.1. The molecule has 19 heavy (non-hydrogen) atoms. The highest BCUT2D eigenvalue weighted by atomic mass is 16.1. The Morgan fingerprint density at radius 1 is 1.42 bits per heavy atom. The van der Waals surface area contributed by atoms with E-state index >= 15 is 0 Å². The quantitative estimate of drug-likeness (QED) is 0.786. The van der Waals surface area contributed by atoms with Gasteiger partial charge in [0.1, 0.15) is 6.54 Å². The molecule has 0 atom stereocenters. The highest BCUT2D eigenvalue weighted by molar-refractivity contribution is 5.85. The van der Waals surface area contributed by atoms with Crippen molar-refractivity contribution in [3.8, 4) is 6.07 Å². The van der Waals surface area contributed by atoms with Crippen LogP contribution >= 0.6 is 0 Å². The van der Waals surface area contributed by atoms with E-state index in [9.17, 15) is 4.79 Å². The van der Waals surface area contributed by atoms with Crippen LogP contribution in [0.15, 0.2) is 30.5 Å². The third kappa shape index (κ3) is 2.92. The van der Waals surface area contributed by atoms with Gasteiger partial charge >= 0.3 is 0 Å². The van der Waals surface area contributed by atoms with Crippen molar-refractivity contribution >= 4 is 16.8 Å². The monoisotopic (exact) mass is 256 g/mol. The zero-order valence-electron chi connectivity index (χ0n) is 10.6. The molecule has 0 aliphatic heterocycles. The number of para-hydroxylation sites is 1. The van der Waals surface area contributed by atoms with Crippen LogP contribution in [0.2, 0.25) is 0 Å². The second kappa shape index (κ2) is 6.03. The summed E-state index contributed by atoms with van der Waals surface area (Å²) in [4.78, 5) is 11.8. The van der Waals surface area contributed by atoms with Crippen LogP contribution in [0.1, 0.15) is 12.0 Å². The molecule has 0 aliphatic carbocycles. The van der Waals surface area contributed by atoms with Gasteiger partial charge in [-0.3, -0.25) is 4.79 Å². The Kier molecular flexibility index (Phi) is 4.16. The number of benzene rings is 1. The van der Waals surface area contributed by atoms with Crippen LogP contribution in [-0.2, 0) is 17.9 Å². The number of aromatic nitrogens is 1. The normalized spacial score (nSPS) is 10.3. The third-order valence-electron chi connectivity index (χ3n) is 2.96. The summed E-state index contributed by atoms with van der Waals surface area (Å²) in [7, 11) is 0. The Morgan fingerprint density at radius 2 is 2.26 bits per heavy atom. The maximum absolute atomic E-state index is 11.8. The number of nitriles is 1.